The predicted octanol–water partition coefficient (Wildman–Crippen LogP) is 2.79. The Labute approximate surface area is 166 Å². The van der Waals surface area contributed by atoms with Gasteiger partial charge in [-0.3, -0.25) is 18.9 Å². The van der Waals surface area contributed by atoms with Gasteiger partial charge in [-0.15, -0.1) is 0 Å². The van der Waals surface area contributed by atoms with Crippen LogP contribution in [0.25, 0.3) is 10.2 Å². The number of carbonyl (C=O) groups is 1. The lowest BCUT2D eigenvalue weighted by Crippen LogP contribution is -2.25. The van der Waals surface area contributed by atoms with Crippen molar-refractivity contribution in [2.24, 2.45) is 0 Å². The number of benzene rings is 2. The van der Waals surface area contributed by atoms with Crippen LogP contribution >= 0.6 is 11.3 Å². The highest BCUT2D eigenvalue weighted by molar-refractivity contribution is 7.92. The predicted molar refractivity (Wildman–Crippen MR) is 111 cm³/mol. The largest absolute Gasteiger partial charge is 0.312 e. The van der Waals surface area contributed by atoms with E-state index in [1.807, 2.05) is 6.92 Å². The summed E-state index contributed by atoms with van der Waals surface area (Å²) in [4.78, 5) is 25.4. The summed E-state index contributed by atoms with van der Waals surface area (Å²) >= 11 is 1.09. The lowest BCUT2D eigenvalue weighted by Gasteiger charge is -2.15. The normalized spacial score (nSPS) is 13.7. The van der Waals surface area contributed by atoms with Crippen LogP contribution in [0.15, 0.2) is 46.1 Å². The molecule has 28 heavy (non-hydrogen) atoms. The first-order valence-corrected chi connectivity index (χ1v) is 11.2. The fourth-order valence-corrected chi connectivity index (χ4v) is 5.61. The summed E-state index contributed by atoms with van der Waals surface area (Å²) in [6.45, 7) is 4.52. The minimum atomic E-state index is -3.78. The van der Waals surface area contributed by atoms with Gasteiger partial charge in [-0.25, -0.2) is 8.42 Å². The quantitative estimate of drug-likeness (QED) is 0.707. The van der Waals surface area contributed by atoms with Crippen molar-refractivity contribution in [3.05, 3.63) is 51.6 Å². The van der Waals surface area contributed by atoms with Gasteiger partial charge >= 0.3 is 4.87 Å². The number of rotatable bonds is 4. The van der Waals surface area contributed by atoms with Gasteiger partial charge in [-0.1, -0.05) is 11.3 Å². The monoisotopic (exact) mass is 417 g/mol. The Morgan fingerprint density at radius 1 is 1.21 bits per heavy atom. The van der Waals surface area contributed by atoms with Crippen LogP contribution in [0.3, 0.4) is 0 Å². The van der Waals surface area contributed by atoms with Crippen LogP contribution in [-0.2, 0) is 27.8 Å². The molecule has 2 heterocycles. The van der Waals surface area contributed by atoms with E-state index in [2.05, 4.69) is 4.72 Å². The minimum absolute atomic E-state index is 0.0567. The van der Waals surface area contributed by atoms with Crippen LogP contribution in [0.5, 0.6) is 0 Å². The van der Waals surface area contributed by atoms with Gasteiger partial charge in [0.15, 0.2) is 0 Å². The van der Waals surface area contributed by atoms with E-state index in [1.165, 1.54) is 13.0 Å². The maximum atomic E-state index is 12.8. The first-order chi connectivity index (χ1) is 13.3. The summed E-state index contributed by atoms with van der Waals surface area (Å²) in [5.74, 6) is -0.0567. The van der Waals surface area contributed by atoms with Crippen molar-refractivity contribution in [2.45, 2.75) is 31.7 Å². The SMILES string of the molecule is CCn1c(=O)sc2cc(NS(=O)(=O)c3ccc4c(c3)CCN4C(C)=O)ccc21. The highest BCUT2D eigenvalue weighted by Gasteiger charge is 2.25. The third-order valence-corrected chi connectivity index (χ3v) is 7.19. The van der Waals surface area contributed by atoms with Gasteiger partial charge in [0, 0.05) is 25.7 Å². The highest BCUT2D eigenvalue weighted by Crippen LogP contribution is 2.31. The van der Waals surface area contributed by atoms with Gasteiger partial charge in [0.1, 0.15) is 0 Å². The fourth-order valence-electron chi connectivity index (χ4n) is 3.52. The van der Waals surface area contributed by atoms with Crippen LogP contribution in [-0.4, -0.2) is 25.4 Å². The number of nitrogens with one attached hydrogen (secondary N) is 1. The van der Waals surface area contributed by atoms with E-state index < -0.39 is 10.0 Å². The Hall–Kier alpha value is -2.65. The van der Waals surface area contributed by atoms with Gasteiger partial charge in [0.2, 0.25) is 5.91 Å². The van der Waals surface area contributed by atoms with Gasteiger partial charge < -0.3 is 4.90 Å². The van der Waals surface area contributed by atoms with Crippen LogP contribution in [0, 0.1) is 0 Å². The molecule has 7 nitrogen and oxygen atoms in total. The van der Waals surface area contributed by atoms with Crippen molar-refractivity contribution in [2.75, 3.05) is 16.2 Å². The highest BCUT2D eigenvalue weighted by atomic mass is 32.2. The molecule has 0 saturated carbocycles. The van der Waals surface area contributed by atoms with Gasteiger partial charge in [0.25, 0.3) is 10.0 Å². The molecule has 146 valence electrons. The number of aromatic nitrogens is 1. The van der Waals surface area contributed by atoms with E-state index in [4.69, 9.17) is 0 Å². The third-order valence-electron chi connectivity index (χ3n) is 4.87. The van der Waals surface area contributed by atoms with Crippen LogP contribution in [0.2, 0.25) is 0 Å². The molecule has 0 fully saturated rings. The molecule has 1 N–H and O–H groups in total. The maximum Gasteiger partial charge on any atom is 0.308 e. The number of sulfonamides is 1. The average Bonchev–Trinajstić information content (AvgIpc) is 3.20. The fraction of sp³-hybridized carbons (Fsp3) is 0.263. The Balaban J connectivity index is 1.66. The number of hydrogen-bond donors (Lipinski definition) is 1. The first kappa shape index (κ1) is 18.7. The molecular formula is C19H19N3O4S2. The number of nitrogens with zero attached hydrogens (tertiary/aromatic N) is 2. The Morgan fingerprint density at radius 2 is 2.00 bits per heavy atom. The summed E-state index contributed by atoms with van der Waals surface area (Å²) in [5, 5.41) is 0. The molecule has 9 heteroatoms. The molecule has 4 rings (SSSR count). The number of anilines is 2. The van der Waals surface area contributed by atoms with E-state index in [-0.39, 0.29) is 15.7 Å². The molecule has 3 aromatic rings. The molecule has 1 aliphatic heterocycles. The number of aryl methyl sites for hydroxylation is 1. The van der Waals surface area contributed by atoms with Crippen molar-refractivity contribution >= 4 is 48.9 Å². The summed E-state index contributed by atoms with van der Waals surface area (Å²) in [7, 11) is -3.78. The minimum Gasteiger partial charge on any atom is -0.312 e. The van der Waals surface area contributed by atoms with Crippen molar-refractivity contribution in [1.29, 1.82) is 0 Å². The van der Waals surface area contributed by atoms with E-state index in [0.717, 1.165) is 32.8 Å². The van der Waals surface area contributed by atoms with Gasteiger partial charge in [0.05, 0.1) is 20.8 Å². The molecule has 1 aliphatic rings. The number of hydrogen-bond acceptors (Lipinski definition) is 5. The smallest absolute Gasteiger partial charge is 0.308 e. The number of thiazole rings is 1. The van der Waals surface area contributed by atoms with Gasteiger partial charge in [-0.2, -0.15) is 0 Å². The molecule has 0 unspecified atom stereocenters. The zero-order chi connectivity index (χ0) is 20.1. The van der Waals surface area contributed by atoms with Crippen LogP contribution < -0.4 is 14.5 Å². The number of carbonyl (C=O) groups excluding carboxylic acids is 1. The van der Waals surface area contributed by atoms with Crippen molar-refractivity contribution < 1.29 is 13.2 Å². The molecule has 0 spiro atoms. The molecule has 0 saturated heterocycles. The molecule has 0 bridgehead atoms. The Bertz CT molecular complexity index is 1260. The lowest BCUT2D eigenvalue weighted by molar-refractivity contribution is -0.116. The first-order valence-electron chi connectivity index (χ1n) is 8.87. The second-order valence-corrected chi connectivity index (χ2v) is 9.29. The van der Waals surface area contributed by atoms with Crippen molar-refractivity contribution in [1.82, 2.24) is 4.57 Å². The Morgan fingerprint density at radius 3 is 2.71 bits per heavy atom. The van der Waals surface area contributed by atoms with Crippen LogP contribution in [0.1, 0.15) is 19.4 Å². The van der Waals surface area contributed by atoms with E-state index in [0.29, 0.717) is 25.2 Å². The zero-order valence-electron chi connectivity index (χ0n) is 15.4. The third kappa shape index (κ3) is 3.10. The standard InChI is InChI=1S/C19H19N3O4S2/c1-3-21-17-6-4-14(11-18(17)27-19(21)24)20-28(25,26)15-5-7-16-13(10-15)8-9-22(16)12(2)23/h4-7,10-11,20H,3,8-9H2,1-2H3. The summed E-state index contributed by atoms with van der Waals surface area (Å²) in [5.41, 5.74) is 2.80. The molecule has 0 radical (unpaired) electrons. The van der Waals surface area contributed by atoms with E-state index >= 15 is 0 Å². The molecule has 0 atom stereocenters. The number of fused-ring (bicyclic) bond motifs is 2. The molecule has 0 aliphatic carbocycles. The lowest BCUT2D eigenvalue weighted by atomic mass is 10.2. The molecular weight excluding hydrogens is 398 g/mol. The van der Waals surface area contributed by atoms with Crippen molar-refractivity contribution in [3.63, 3.8) is 0 Å². The summed E-state index contributed by atoms with van der Waals surface area (Å²) in [6, 6.07) is 9.88. The van der Waals surface area contributed by atoms with E-state index in [1.54, 1.807) is 39.8 Å². The van der Waals surface area contributed by atoms with E-state index in [9.17, 15) is 18.0 Å². The maximum absolute atomic E-state index is 12.8. The zero-order valence-corrected chi connectivity index (χ0v) is 17.1. The topological polar surface area (TPSA) is 88.5 Å². The molecule has 2 aromatic carbocycles. The average molecular weight is 418 g/mol. The molecule has 1 aromatic heterocycles. The summed E-state index contributed by atoms with van der Waals surface area (Å²) in [6.07, 6.45) is 0.628. The second kappa shape index (κ2) is 6.75. The van der Waals surface area contributed by atoms with Crippen LogP contribution in [0.4, 0.5) is 11.4 Å². The van der Waals surface area contributed by atoms with Gasteiger partial charge in [-0.05, 0) is 55.3 Å². The molecule has 1 amide bonds. The second-order valence-electron chi connectivity index (χ2n) is 6.61. The summed E-state index contributed by atoms with van der Waals surface area (Å²) < 4.78 is 30.6. The Kier molecular flexibility index (Phi) is 4.51. The van der Waals surface area contributed by atoms with Crippen molar-refractivity contribution in [3.8, 4) is 0 Å². The number of amides is 1.